The highest BCUT2D eigenvalue weighted by atomic mass is 35.5. The van der Waals surface area contributed by atoms with Crippen molar-refractivity contribution >= 4 is 41.8 Å². The van der Waals surface area contributed by atoms with Gasteiger partial charge in [0.05, 0.1) is 10.0 Å². The quantitative estimate of drug-likeness (QED) is 0.326. The molecule has 0 aromatic heterocycles. The van der Waals surface area contributed by atoms with E-state index < -0.39 is 11.5 Å². The van der Waals surface area contributed by atoms with Crippen LogP contribution in [-0.2, 0) is 4.79 Å². The maximum Gasteiger partial charge on any atom is 0.323 e. The number of hydrogen-bond acceptors (Lipinski definition) is 5. The van der Waals surface area contributed by atoms with Crippen LogP contribution in [0.15, 0.2) is 18.2 Å². The lowest BCUT2D eigenvalue weighted by atomic mass is 9.66. The first-order valence-corrected chi connectivity index (χ1v) is 11.6. The largest absolute Gasteiger partial charge is 0.480 e. The number of piperazine rings is 1. The fourth-order valence-electron chi connectivity index (χ4n) is 3.91. The number of carboxylic acids is 1. The zero-order chi connectivity index (χ0) is 22.1. The van der Waals surface area contributed by atoms with E-state index in [-0.39, 0.29) is 6.92 Å². The Hall–Kier alpha value is -0.985. The Morgan fingerprint density at radius 1 is 1.10 bits per heavy atom. The summed E-state index contributed by atoms with van der Waals surface area (Å²) in [7, 11) is 0. The Balaban J connectivity index is 1.68. The molecule has 0 bridgehead atoms. The van der Waals surface area contributed by atoms with E-state index in [4.69, 9.17) is 28.9 Å². The van der Waals surface area contributed by atoms with Gasteiger partial charge in [0.25, 0.3) is 6.92 Å². The van der Waals surface area contributed by atoms with Gasteiger partial charge >= 0.3 is 5.97 Å². The summed E-state index contributed by atoms with van der Waals surface area (Å²) in [5.74, 6) is -0.921. The first-order chi connectivity index (χ1) is 14.2. The van der Waals surface area contributed by atoms with Crippen molar-refractivity contribution in [1.29, 1.82) is 0 Å². The Morgan fingerprint density at radius 3 is 2.30 bits per heavy atom. The number of rotatable bonds is 12. The lowest BCUT2D eigenvalue weighted by Gasteiger charge is -2.36. The average Bonchev–Trinajstić information content (AvgIpc) is 2.71. The molecule has 0 saturated carbocycles. The van der Waals surface area contributed by atoms with Crippen LogP contribution in [0, 0.1) is 0 Å². The molecule has 0 aliphatic carbocycles. The maximum absolute atomic E-state index is 11.7. The summed E-state index contributed by atoms with van der Waals surface area (Å²) < 4.78 is 0. The maximum atomic E-state index is 11.7. The van der Waals surface area contributed by atoms with Crippen LogP contribution in [0.2, 0.25) is 23.2 Å². The molecule has 1 aliphatic rings. The lowest BCUT2D eigenvalue weighted by Crippen LogP contribution is -2.48. The van der Waals surface area contributed by atoms with Gasteiger partial charge in [-0.3, -0.25) is 9.69 Å². The lowest BCUT2D eigenvalue weighted by molar-refractivity contribution is -0.144. The number of carbonyl (C=O) groups is 1. The predicted octanol–water partition coefficient (Wildman–Crippen LogP) is 3.85. The van der Waals surface area contributed by atoms with Gasteiger partial charge in [-0.2, -0.15) is 0 Å². The first-order valence-electron chi connectivity index (χ1n) is 10.8. The van der Waals surface area contributed by atoms with Crippen molar-refractivity contribution in [1.82, 2.24) is 4.90 Å². The zero-order valence-electron chi connectivity index (χ0n) is 17.8. The standard InChI is InChI=1S/C21H34BCl2N3O3/c1-22(30)10-4-2-8-21(25,20(28)29)9-3-5-11-26-12-14-27(15-13-26)17-6-7-18(23)19(24)16-17/h6-7,16,30H,2-5,8-15,25H2,1H3,(H,28,29). The van der Waals surface area contributed by atoms with Gasteiger partial charge in [-0.05, 0) is 56.7 Å². The van der Waals surface area contributed by atoms with E-state index in [1.165, 1.54) is 0 Å². The molecule has 6 nitrogen and oxygen atoms in total. The van der Waals surface area contributed by atoms with Crippen molar-refractivity contribution in [3.05, 3.63) is 28.2 Å². The van der Waals surface area contributed by atoms with Gasteiger partial charge in [0.1, 0.15) is 5.54 Å². The van der Waals surface area contributed by atoms with Crippen LogP contribution < -0.4 is 10.6 Å². The van der Waals surface area contributed by atoms with Gasteiger partial charge in [-0.15, -0.1) is 0 Å². The molecule has 0 radical (unpaired) electrons. The summed E-state index contributed by atoms with van der Waals surface area (Å²) in [6, 6.07) is 5.74. The summed E-state index contributed by atoms with van der Waals surface area (Å²) in [6.45, 7) is 6.14. The molecule has 1 aliphatic heterocycles. The molecule has 1 heterocycles. The third kappa shape index (κ3) is 7.93. The van der Waals surface area contributed by atoms with Crippen LogP contribution in [0.5, 0.6) is 0 Å². The van der Waals surface area contributed by atoms with Gasteiger partial charge in [-0.25, -0.2) is 0 Å². The highest BCUT2D eigenvalue weighted by Crippen LogP contribution is 2.28. The molecule has 1 unspecified atom stereocenters. The second-order valence-corrected chi connectivity index (χ2v) is 9.25. The van der Waals surface area contributed by atoms with Gasteiger partial charge in [0.2, 0.25) is 0 Å². The molecule has 4 N–H and O–H groups in total. The van der Waals surface area contributed by atoms with Crippen molar-refractivity contribution in [3.8, 4) is 0 Å². The number of unbranched alkanes of at least 4 members (excludes halogenated alkanes) is 2. The van der Waals surface area contributed by atoms with Gasteiger partial charge in [-0.1, -0.05) is 42.9 Å². The van der Waals surface area contributed by atoms with Crippen molar-refractivity contribution in [2.75, 3.05) is 37.6 Å². The van der Waals surface area contributed by atoms with E-state index in [1.807, 2.05) is 18.2 Å². The SMILES string of the molecule is CB(O)CCCCC(N)(CCCCN1CCN(c2ccc(Cl)c(Cl)c2)CC1)C(=O)O. The number of aliphatic carboxylic acids is 1. The molecule has 2 rings (SSSR count). The van der Waals surface area contributed by atoms with Gasteiger partial charge in [0, 0.05) is 31.9 Å². The first kappa shape index (κ1) is 25.3. The van der Waals surface area contributed by atoms with E-state index in [0.29, 0.717) is 29.2 Å². The summed E-state index contributed by atoms with van der Waals surface area (Å²) >= 11 is 12.1. The Kier molecular flexibility index (Phi) is 10.2. The van der Waals surface area contributed by atoms with Crippen molar-refractivity contribution in [3.63, 3.8) is 0 Å². The summed E-state index contributed by atoms with van der Waals surface area (Å²) in [5, 5.41) is 20.0. The summed E-state index contributed by atoms with van der Waals surface area (Å²) in [6.07, 6.45) is 4.89. The Bertz CT molecular complexity index is 687. The van der Waals surface area contributed by atoms with Gasteiger partial charge in [0.15, 0.2) is 0 Å². The van der Waals surface area contributed by atoms with Crippen molar-refractivity contribution < 1.29 is 14.9 Å². The van der Waals surface area contributed by atoms with Crippen molar-refractivity contribution in [2.45, 2.75) is 57.2 Å². The number of carboxylic acid groups (broad SMARTS) is 1. The highest BCUT2D eigenvalue weighted by molar-refractivity contribution is 6.48. The van der Waals surface area contributed by atoms with Crippen LogP contribution in [0.1, 0.15) is 38.5 Å². The topological polar surface area (TPSA) is 90.0 Å². The van der Waals surface area contributed by atoms with E-state index in [9.17, 15) is 14.9 Å². The second-order valence-electron chi connectivity index (χ2n) is 8.44. The third-order valence-corrected chi connectivity index (χ3v) is 6.65. The number of benzene rings is 1. The molecule has 1 fully saturated rings. The number of nitrogens with zero attached hydrogens (tertiary/aromatic N) is 2. The minimum atomic E-state index is -1.16. The molecule has 0 amide bonds. The zero-order valence-corrected chi connectivity index (χ0v) is 19.3. The summed E-state index contributed by atoms with van der Waals surface area (Å²) in [5.41, 5.74) is 6.11. The van der Waals surface area contributed by atoms with Gasteiger partial charge < -0.3 is 20.8 Å². The smallest absolute Gasteiger partial charge is 0.323 e. The Labute approximate surface area is 190 Å². The van der Waals surface area contributed by atoms with E-state index in [2.05, 4.69) is 9.80 Å². The number of nitrogens with two attached hydrogens (primary N) is 1. The third-order valence-electron chi connectivity index (χ3n) is 5.91. The number of halogens is 2. The molecular formula is C21H34BCl2N3O3. The van der Waals surface area contributed by atoms with Crippen LogP contribution >= 0.6 is 23.2 Å². The van der Waals surface area contributed by atoms with E-state index in [0.717, 1.165) is 64.1 Å². The minimum absolute atomic E-state index is 0.348. The van der Waals surface area contributed by atoms with E-state index >= 15 is 0 Å². The molecule has 0 spiro atoms. The number of hydrogen-bond donors (Lipinski definition) is 3. The highest BCUT2D eigenvalue weighted by Gasteiger charge is 2.32. The Morgan fingerprint density at radius 2 is 1.73 bits per heavy atom. The van der Waals surface area contributed by atoms with Crippen molar-refractivity contribution in [2.24, 2.45) is 5.73 Å². The molecule has 9 heteroatoms. The van der Waals surface area contributed by atoms with Crippen LogP contribution in [0.4, 0.5) is 5.69 Å². The second kappa shape index (κ2) is 12.2. The minimum Gasteiger partial charge on any atom is -0.480 e. The molecule has 168 valence electrons. The van der Waals surface area contributed by atoms with Crippen LogP contribution in [0.25, 0.3) is 0 Å². The molecule has 1 saturated heterocycles. The molecule has 1 atom stereocenters. The molecule has 30 heavy (non-hydrogen) atoms. The molecule has 1 aromatic carbocycles. The fraction of sp³-hybridized carbons (Fsp3) is 0.667. The van der Waals surface area contributed by atoms with Crippen LogP contribution in [-0.4, -0.2) is 66.2 Å². The summed E-state index contributed by atoms with van der Waals surface area (Å²) in [4.78, 5) is 16.4. The van der Waals surface area contributed by atoms with Crippen LogP contribution in [0.3, 0.4) is 0 Å². The number of anilines is 1. The van der Waals surface area contributed by atoms with E-state index in [1.54, 1.807) is 6.82 Å². The normalized spacial score (nSPS) is 17.0. The fourth-order valence-corrected chi connectivity index (χ4v) is 4.20. The predicted molar refractivity (Wildman–Crippen MR) is 126 cm³/mol. The monoisotopic (exact) mass is 457 g/mol. The molecule has 1 aromatic rings. The molecular weight excluding hydrogens is 424 g/mol. The average molecular weight is 458 g/mol.